The first-order valence-corrected chi connectivity index (χ1v) is 8.46. The molecule has 0 atom stereocenters. The molecule has 3 aromatic rings. The molecule has 0 spiro atoms. The van der Waals surface area contributed by atoms with E-state index >= 15 is 0 Å². The van der Waals surface area contributed by atoms with Gasteiger partial charge in [-0.15, -0.1) is 5.10 Å². The molecule has 23 heavy (non-hydrogen) atoms. The molecule has 2 aromatic heterocycles. The van der Waals surface area contributed by atoms with Gasteiger partial charge in [-0.25, -0.2) is 9.97 Å². The molecule has 0 unspecified atom stereocenters. The van der Waals surface area contributed by atoms with E-state index < -0.39 is 0 Å². The standard InChI is InChI=1S/C15H12Cl2N4OS/c16-11-2-4-12(5-3-11)22-8-14-19-15(21-20-14)23-9-10-1-6-13(17)18-7-10/h1-7H,8-9H2,(H,19,20,21). The maximum atomic E-state index is 5.83. The van der Waals surface area contributed by atoms with Gasteiger partial charge in [-0.1, -0.05) is 41.0 Å². The summed E-state index contributed by atoms with van der Waals surface area (Å²) in [7, 11) is 0. The lowest BCUT2D eigenvalue weighted by atomic mass is 10.3. The highest BCUT2D eigenvalue weighted by molar-refractivity contribution is 7.98. The highest BCUT2D eigenvalue weighted by Gasteiger charge is 2.06. The van der Waals surface area contributed by atoms with Gasteiger partial charge < -0.3 is 4.74 Å². The Bertz CT molecular complexity index is 698. The number of aromatic amines is 1. The maximum absolute atomic E-state index is 5.83. The van der Waals surface area contributed by atoms with E-state index in [0.29, 0.717) is 27.8 Å². The van der Waals surface area contributed by atoms with Crippen molar-refractivity contribution < 1.29 is 4.74 Å². The molecule has 0 fully saturated rings. The number of hydrogen-bond donors (Lipinski definition) is 1. The van der Waals surface area contributed by atoms with Crippen molar-refractivity contribution in [2.45, 2.75) is 17.5 Å². The zero-order valence-electron chi connectivity index (χ0n) is 11.9. The van der Waals surface area contributed by atoms with Gasteiger partial charge in [-0.05, 0) is 35.9 Å². The average Bonchev–Trinajstić information content (AvgIpc) is 3.02. The van der Waals surface area contributed by atoms with E-state index in [1.165, 1.54) is 11.8 Å². The van der Waals surface area contributed by atoms with Gasteiger partial charge in [0.15, 0.2) is 5.82 Å². The molecule has 2 heterocycles. The Balaban J connectivity index is 1.51. The van der Waals surface area contributed by atoms with Crippen LogP contribution >= 0.6 is 35.0 Å². The number of nitrogens with one attached hydrogen (secondary N) is 1. The minimum absolute atomic E-state index is 0.317. The van der Waals surface area contributed by atoms with Gasteiger partial charge >= 0.3 is 0 Å². The number of rotatable bonds is 6. The summed E-state index contributed by atoms with van der Waals surface area (Å²) >= 11 is 13.1. The molecule has 5 nitrogen and oxygen atoms in total. The van der Waals surface area contributed by atoms with Gasteiger partial charge in [-0.2, -0.15) is 0 Å². The van der Waals surface area contributed by atoms with Crippen molar-refractivity contribution in [1.29, 1.82) is 0 Å². The fourth-order valence-corrected chi connectivity index (χ4v) is 2.72. The molecule has 8 heteroatoms. The zero-order chi connectivity index (χ0) is 16.1. The topological polar surface area (TPSA) is 63.7 Å². The van der Waals surface area contributed by atoms with Gasteiger partial charge in [0.2, 0.25) is 5.16 Å². The lowest BCUT2D eigenvalue weighted by Gasteiger charge is -2.03. The van der Waals surface area contributed by atoms with Gasteiger partial charge in [0.05, 0.1) is 0 Å². The van der Waals surface area contributed by atoms with Crippen LogP contribution in [0.3, 0.4) is 0 Å². The molecule has 118 valence electrons. The Morgan fingerprint density at radius 2 is 1.91 bits per heavy atom. The van der Waals surface area contributed by atoms with E-state index in [4.69, 9.17) is 27.9 Å². The second kappa shape index (κ2) is 7.68. The van der Waals surface area contributed by atoms with Crippen molar-refractivity contribution in [2.24, 2.45) is 0 Å². The Labute approximate surface area is 147 Å². The second-order valence-electron chi connectivity index (χ2n) is 4.59. The van der Waals surface area contributed by atoms with Crippen LogP contribution in [0.1, 0.15) is 11.4 Å². The Morgan fingerprint density at radius 1 is 1.09 bits per heavy atom. The summed E-state index contributed by atoms with van der Waals surface area (Å²) in [5, 5.41) is 8.84. The van der Waals surface area contributed by atoms with Crippen molar-refractivity contribution in [3.63, 3.8) is 0 Å². The summed E-state index contributed by atoms with van der Waals surface area (Å²) < 4.78 is 5.61. The van der Waals surface area contributed by atoms with Crippen molar-refractivity contribution in [1.82, 2.24) is 20.2 Å². The molecule has 0 saturated heterocycles. The van der Waals surface area contributed by atoms with E-state index in [2.05, 4.69) is 20.2 Å². The predicted molar refractivity (Wildman–Crippen MR) is 91.0 cm³/mol. The number of hydrogen-bond acceptors (Lipinski definition) is 5. The monoisotopic (exact) mass is 366 g/mol. The number of ether oxygens (including phenoxy) is 1. The average molecular weight is 367 g/mol. The number of aromatic nitrogens is 4. The lowest BCUT2D eigenvalue weighted by molar-refractivity contribution is 0.296. The molecular formula is C15H12Cl2N4OS. The zero-order valence-corrected chi connectivity index (χ0v) is 14.2. The van der Waals surface area contributed by atoms with Crippen LogP contribution in [-0.4, -0.2) is 20.2 Å². The quantitative estimate of drug-likeness (QED) is 0.518. The third-order valence-corrected chi connectivity index (χ3v) is 4.25. The van der Waals surface area contributed by atoms with Crippen LogP contribution in [0.5, 0.6) is 5.75 Å². The van der Waals surface area contributed by atoms with Crippen molar-refractivity contribution in [3.05, 3.63) is 64.2 Å². The number of nitrogens with zero attached hydrogens (tertiary/aromatic N) is 3. The van der Waals surface area contributed by atoms with Crippen LogP contribution in [0.25, 0.3) is 0 Å². The first-order chi connectivity index (χ1) is 11.2. The smallest absolute Gasteiger partial charge is 0.208 e. The molecule has 0 saturated carbocycles. The molecule has 0 aliphatic carbocycles. The molecule has 0 aliphatic heterocycles. The van der Waals surface area contributed by atoms with Crippen LogP contribution < -0.4 is 4.74 Å². The third kappa shape index (κ3) is 4.86. The Morgan fingerprint density at radius 3 is 2.65 bits per heavy atom. The van der Waals surface area contributed by atoms with Crippen molar-refractivity contribution in [3.8, 4) is 5.75 Å². The summed E-state index contributed by atoms with van der Waals surface area (Å²) in [5.74, 6) is 2.11. The minimum atomic E-state index is 0.317. The largest absolute Gasteiger partial charge is 0.486 e. The van der Waals surface area contributed by atoms with Crippen molar-refractivity contribution >= 4 is 35.0 Å². The Hall–Kier alpha value is -1.76. The van der Waals surface area contributed by atoms with Crippen LogP contribution in [0, 0.1) is 0 Å². The van der Waals surface area contributed by atoms with E-state index in [1.54, 1.807) is 24.4 Å². The van der Waals surface area contributed by atoms with Gasteiger partial charge in [0.1, 0.15) is 17.5 Å². The molecule has 1 aromatic carbocycles. The number of halogens is 2. The molecule has 0 radical (unpaired) electrons. The van der Waals surface area contributed by atoms with Gasteiger partial charge in [0.25, 0.3) is 0 Å². The molecule has 0 amide bonds. The van der Waals surface area contributed by atoms with E-state index in [-0.39, 0.29) is 0 Å². The van der Waals surface area contributed by atoms with Crippen LogP contribution in [0.4, 0.5) is 0 Å². The molecule has 3 rings (SSSR count). The van der Waals surface area contributed by atoms with Crippen LogP contribution in [0.2, 0.25) is 10.2 Å². The summed E-state index contributed by atoms with van der Waals surface area (Å²) in [6.07, 6.45) is 1.74. The van der Waals surface area contributed by atoms with E-state index in [9.17, 15) is 0 Å². The highest BCUT2D eigenvalue weighted by Crippen LogP contribution is 2.20. The molecule has 1 N–H and O–H groups in total. The number of H-pyrrole nitrogens is 1. The van der Waals surface area contributed by atoms with Crippen LogP contribution in [0.15, 0.2) is 47.8 Å². The number of benzene rings is 1. The first-order valence-electron chi connectivity index (χ1n) is 6.72. The van der Waals surface area contributed by atoms with Gasteiger partial charge in [0, 0.05) is 17.0 Å². The third-order valence-electron chi connectivity index (χ3n) is 2.86. The van der Waals surface area contributed by atoms with Crippen molar-refractivity contribution in [2.75, 3.05) is 0 Å². The predicted octanol–water partition coefficient (Wildman–Crippen LogP) is 4.38. The summed E-state index contributed by atoms with van der Waals surface area (Å²) in [5.41, 5.74) is 1.06. The second-order valence-corrected chi connectivity index (χ2v) is 6.35. The van der Waals surface area contributed by atoms with E-state index in [1.807, 2.05) is 18.2 Å². The van der Waals surface area contributed by atoms with Gasteiger partial charge in [-0.3, -0.25) is 5.10 Å². The maximum Gasteiger partial charge on any atom is 0.208 e. The molecule has 0 aliphatic rings. The number of thioether (sulfide) groups is 1. The fraction of sp³-hybridized carbons (Fsp3) is 0.133. The lowest BCUT2D eigenvalue weighted by Crippen LogP contribution is -1.97. The number of pyridine rings is 1. The summed E-state index contributed by atoms with van der Waals surface area (Å²) in [6.45, 7) is 0.317. The minimum Gasteiger partial charge on any atom is -0.486 e. The van der Waals surface area contributed by atoms with Crippen LogP contribution in [-0.2, 0) is 12.4 Å². The first kappa shape index (κ1) is 16.1. The Kier molecular flexibility index (Phi) is 5.38. The highest BCUT2D eigenvalue weighted by atomic mass is 35.5. The normalized spacial score (nSPS) is 10.7. The molecule has 0 bridgehead atoms. The molecular weight excluding hydrogens is 355 g/mol. The summed E-state index contributed by atoms with van der Waals surface area (Å²) in [4.78, 5) is 8.41. The SMILES string of the molecule is Clc1ccc(OCc2nc(SCc3ccc(Cl)nc3)n[nH]2)cc1. The summed E-state index contributed by atoms with van der Waals surface area (Å²) in [6, 6.07) is 10.9. The fourth-order valence-electron chi connectivity index (χ4n) is 1.73. The van der Waals surface area contributed by atoms with E-state index in [0.717, 1.165) is 17.1 Å².